The molecule has 0 atom stereocenters. The lowest BCUT2D eigenvalue weighted by atomic mass is 10.1. The molecule has 0 saturated heterocycles. The van der Waals surface area contributed by atoms with E-state index in [4.69, 9.17) is 5.73 Å². The Kier molecular flexibility index (Phi) is 3.06. The molecule has 0 unspecified atom stereocenters. The van der Waals surface area contributed by atoms with E-state index in [1.54, 1.807) is 13.1 Å². The van der Waals surface area contributed by atoms with E-state index >= 15 is 0 Å². The number of hydrogen-bond donors (Lipinski definition) is 1. The molecule has 0 radical (unpaired) electrons. The third-order valence-corrected chi connectivity index (χ3v) is 1.82. The van der Waals surface area contributed by atoms with Crippen molar-refractivity contribution in [2.24, 2.45) is 16.8 Å². The normalized spacial score (nSPS) is 20.3. The predicted molar refractivity (Wildman–Crippen MR) is 56.5 cm³/mol. The van der Waals surface area contributed by atoms with Crippen LogP contribution in [0, 0.1) is 5.92 Å². The molecule has 0 aromatic rings. The zero-order valence-electron chi connectivity index (χ0n) is 8.69. The zero-order valence-corrected chi connectivity index (χ0v) is 8.69. The molecule has 2 N–H and O–H groups in total. The van der Waals surface area contributed by atoms with Gasteiger partial charge in [-0.25, -0.2) is 5.01 Å². The van der Waals surface area contributed by atoms with E-state index in [0.29, 0.717) is 11.5 Å². The Hall–Kier alpha value is -1.58. The van der Waals surface area contributed by atoms with Gasteiger partial charge in [-0.1, -0.05) is 26.0 Å². The van der Waals surface area contributed by atoms with Crippen molar-refractivity contribution >= 4 is 11.7 Å². The summed E-state index contributed by atoms with van der Waals surface area (Å²) in [7, 11) is 1.59. The molecule has 4 heteroatoms. The first kappa shape index (κ1) is 10.5. The fourth-order valence-corrected chi connectivity index (χ4v) is 1.08. The highest BCUT2D eigenvalue weighted by Crippen LogP contribution is 2.10. The van der Waals surface area contributed by atoms with Gasteiger partial charge < -0.3 is 5.73 Å². The number of rotatable bonds is 2. The van der Waals surface area contributed by atoms with Crippen LogP contribution in [-0.2, 0) is 4.79 Å². The van der Waals surface area contributed by atoms with Gasteiger partial charge in [0.15, 0.2) is 5.84 Å². The van der Waals surface area contributed by atoms with Gasteiger partial charge in [-0.05, 0) is 12.0 Å². The first-order chi connectivity index (χ1) is 6.52. The van der Waals surface area contributed by atoms with E-state index in [-0.39, 0.29) is 11.7 Å². The molecule has 0 saturated carbocycles. The summed E-state index contributed by atoms with van der Waals surface area (Å²) in [5.41, 5.74) is 6.02. The molecule has 0 aliphatic carbocycles. The van der Waals surface area contributed by atoms with Gasteiger partial charge in [0.1, 0.15) is 0 Å². The minimum Gasteiger partial charge on any atom is -0.382 e. The second-order valence-corrected chi connectivity index (χ2v) is 3.52. The fraction of sp³-hybridized carbons (Fsp3) is 0.400. The number of allylic oxidation sites excluding steroid dienone is 3. The van der Waals surface area contributed by atoms with Crippen LogP contribution in [0.1, 0.15) is 13.8 Å². The smallest absolute Gasteiger partial charge is 0.277 e. The maximum absolute atomic E-state index is 11.4. The molecule has 1 heterocycles. The summed E-state index contributed by atoms with van der Waals surface area (Å²) < 4.78 is 0. The Labute approximate surface area is 83.8 Å². The van der Waals surface area contributed by atoms with Gasteiger partial charge in [-0.2, -0.15) is 5.10 Å². The molecule has 0 fully saturated rings. The molecular weight excluding hydrogens is 178 g/mol. The molecule has 0 aromatic heterocycles. The molecule has 14 heavy (non-hydrogen) atoms. The average Bonchev–Trinajstić information content (AvgIpc) is 2.31. The summed E-state index contributed by atoms with van der Waals surface area (Å²) >= 11 is 0. The highest BCUT2D eigenvalue weighted by molar-refractivity contribution is 6.23. The molecule has 1 amide bonds. The Balaban J connectivity index is 2.79. The van der Waals surface area contributed by atoms with Crippen molar-refractivity contribution < 1.29 is 4.79 Å². The van der Waals surface area contributed by atoms with Crippen LogP contribution in [0.15, 0.2) is 28.9 Å². The van der Waals surface area contributed by atoms with Crippen molar-refractivity contribution in [1.82, 2.24) is 5.01 Å². The number of nitrogens with two attached hydrogens (primary N) is 1. The SMILES string of the molecule is CC(C)/C=C/C=C1\C(=O)N(C)N=C1N. The van der Waals surface area contributed by atoms with Crippen molar-refractivity contribution in [3.05, 3.63) is 23.8 Å². The standard InChI is InChI=1S/C10H15N3O/c1-7(2)5-4-6-8-9(11)12-13(3)10(8)14/h4-7H,1-3H3,(H2,11,12)/b5-4+,8-6-. The van der Waals surface area contributed by atoms with Crippen LogP contribution in [0.4, 0.5) is 0 Å². The van der Waals surface area contributed by atoms with E-state index in [9.17, 15) is 4.79 Å². The number of hydrazone groups is 1. The molecular formula is C10H15N3O. The van der Waals surface area contributed by atoms with E-state index in [0.717, 1.165) is 0 Å². The van der Waals surface area contributed by atoms with Gasteiger partial charge in [0.05, 0.1) is 5.57 Å². The fourth-order valence-electron chi connectivity index (χ4n) is 1.08. The van der Waals surface area contributed by atoms with Crippen molar-refractivity contribution in [3.63, 3.8) is 0 Å². The van der Waals surface area contributed by atoms with E-state index < -0.39 is 0 Å². The largest absolute Gasteiger partial charge is 0.382 e. The average molecular weight is 193 g/mol. The number of carbonyl (C=O) groups is 1. The lowest BCUT2D eigenvalue weighted by Crippen LogP contribution is -2.18. The van der Waals surface area contributed by atoms with Crippen LogP contribution in [0.5, 0.6) is 0 Å². The maximum atomic E-state index is 11.4. The van der Waals surface area contributed by atoms with Gasteiger partial charge in [0, 0.05) is 7.05 Å². The van der Waals surface area contributed by atoms with Gasteiger partial charge in [-0.15, -0.1) is 0 Å². The minimum atomic E-state index is -0.157. The van der Waals surface area contributed by atoms with Crippen LogP contribution in [0.2, 0.25) is 0 Å². The third-order valence-electron chi connectivity index (χ3n) is 1.82. The van der Waals surface area contributed by atoms with Crippen molar-refractivity contribution in [2.75, 3.05) is 7.05 Å². The van der Waals surface area contributed by atoms with Crippen LogP contribution >= 0.6 is 0 Å². The number of amides is 1. The van der Waals surface area contributed by atoms with Gasteiger partial charge in [0.25, 0.3) is 5.91 Å². The lowest BCUT2D eigenvalue weighted by Gasteiger charge is -1.99. The van der Waals surface area contributed by atoms with E-state index in [1.165, 1.54) is 5.01 Å². The summed E-state index contributed by atoms with van der Waals surface area (Å²) in [6.07, 6.45) is 5.52. The van der Waals surface area contributed by atoms with E-state index in [2.05, 4.69) is 18.9 Å². The van der Waals surface area contributed by atoms with Crippen LogP contribution in [0.25, 0.3) is 0 Å². The monoisotopic (exact) mass is 193 g/mol. The Bertz CT molecular complexity index is 326. The number of amidine groups is 1. The topological polar surface area (TPSA) is 58.7 Å². The second-order valence-electron chi connectivity index (χ2n) is 3.52. The number of carbonyl (C=O) groups excluding carboxylic acids is 1. The molecule has 76 valence electrons. The van der Waals surface area contributed by atoms with E-state index in [1.807, 2.05) is 12.2 Å². The third kappa shape index (κ3) is 2.22. The number of likely N-dealkylation sites (N-methyl/N-ethyl adjacent to an activating group) is 1. The molecule has 0 aromatic carbocycles. The highest BCUT2D eigenvalue weighted by atomic mass is 16.2. The second kappa shape index (κ2) is 4.09. The van der Waals surface area contributed by atoms with Crippen molar-refractivity contribution in [1.29, 1.82) is 0 Å². The molecule has 1 rings (SSSR count). The molecule has 1 aliphatic rings. The Morgan fingerprint density at radius 3 is 2.57 bits per heavy atom. The molecule has 0 spiro atoms. The van der Waals surface area contributed by atoms with Crippen LogP contribution in [-0.4, -0.2) is 23.8 Å². The minimum absolute atomic E-state index is 0.157. The van der Waals surface area contributed by atoms with Crippen molar-refractivity contribution in [2.45, 2.75) is 13.8 Å². The van der Waals surface area contributed by atoms with Crippen molar-refractivity contribution in [3.8, 4) is 0 Å². The molecule has 4 nitrogen and oxygen atoms in total. The summed E-state index contributed by atoms with van der Waals surface area (Å²) in [4.78, 5) is 11.4. The van der Waals surface area contributed by atoms with Gasteiger partial charge in [0.2, 0.25) is 0 Å². The summed E-state index contributed by atoms with van der Waals surface area (Å²) in [6, 6.07) is 0. The summed E-state index contributed by atoms with van der Waals surface area (Å²) in [5.74, 6) is 0.584. The molecule has 1 aliphatic heterocycles. The number of hydrogen-bond acceptors (Lipinski definition) is 3. The zero-order chi connectivity index (χ0) is 10.7. The van der Waals surface area contributed by atoms with Crippen LogP contribution < -0.4 is 5.73 Å². The van der Waals surface area contributed by atoms with Gasteiger partial charge in [-0.3, -0.25) is 4.79 Å². The summed E-state index contributed by atoms with van der Waals surface area (Å²) in [5, 5.41) is 5.07. The Morgan fingerprint density at radius 2 is 2.14 bits per heavy atom. The number of nitrogens with zero attached hydrogens (tertiary/aromatic N) is 2. The first-order valence-corrected chi connectivity index (χ1v) is 4.53. The lowest BCUT2D eigenvalue weighted by molar-refractivity contribution is -0.124. The maximum Gasteiger partial charge on any atom is 0.277 e. The first-order valence-electron chi connectivity index (χ1n) is 4.53. The predicted octanol–water partition coefficient (Wildman–Crippen LogP) is 0.869. The van der Waals surface area contributed by atoms with Gasteiger partial charge >= 0.3 is 0 Å². The molecule has 0 bridgehead atoms. The Morgan fingerprint density at radius 1 is 1.50 bits per heavy atom. The highest BCUT2D eigenvalue weighted by Gasteiger charge is 2.24. The van der Waals surface area contributed by atoms with Crippen LogP contribution in [0.3, 0.4) is 0 Å². The summed E-state index contributed by atoms with van der Waals surface area (Å²) in [6.45, 7) is 4.13. The quantitative estimate of drug-likeness (QED) is 0.661.